The van der Waals surface area contributed by atoms with Gasteiger partial charge in [-0.05, 0) is 41.3 Å². The second-order valence-corrected chi connectivity index (χ2v) is 5.24. The van der Waals surface area contributed by atoms with Crippen molar-refractivity contribution in [3.63, 3.8) is 0 Å². The van der Waals surface area contributed by atoms with Crippen LogP contribution in [0.4, 0.5) is 0 Å². The van der Waals surface area contributed by atoms with E-state index in [2.05, 4.69) is 28.2 Å². The quantitative estimate of drug-likeness (QED) is 0.811. The molecule has 1 heterocycles. The summed E-state index contributed by atoms with van der Waals surface area (Å²) in [4.78, 5) is 12.0. The monoisotopic (exact) mass is 316 g/mol. The third-order valence-electron chi connectivity index (χ3n) is 3.10. The average molecular weight is 317 g/mol. The lowest BCUT2D eigenvalue weighted by Crippen LogP contribution is -2.31. The summed E-state index contributed by atoms with van der Waals surface area (Å²) in [6.07, 6.45) is 3.59. The van der Waals surface area contributed by atoms with Gasteiger partial charge in [0.2, 0.25) is 0 Å². The Bertz CT molecular complexity index is 390. The Hall–Kier alpha value is -0.810. The maximum Gasteiger partial charge on any atom is 0.267 e. The highest BCUT2D eigenvalue weighted by Gasteiger charge is 2.13. The second kappa shape index (κ2) is 7.59. The van der Waals surface area contributed by atoms with E-state index >= 15 is 0 Å². The Labute approximate surface area is 117 Å². The molecule has 4 nitrogen and oxygen atoms in total. The molecule has 1 aromatic rings. The maximum atomic E-state index is 12.0. The molecule has 0 bridgehead atoms. The number of halogens is 1. The summed E-state index contributed by atoms with van der Waals surface area (Å²) in [7, 11) is 0. The first-order valence-electron chi connectivity index (χ1n) is 6.37. The molecule has 0 aliphatic carbocycles. The first kappa shape index (κ1) is 15.2. The highest BCUT2D eigenvalue weighted by molar-refractivity contribution is 9.10. The fourth-order valence-electron chi connectivity index (χ4n) is 1.89. The molecule has 0 radical (unpaired) electrons. The molecule has 0 saturated heterocycles. The molecule has 0 aliphatic rings. The lowest BCUT2D eigenvalue weighted by Gasteiger charge is -2.14. The van der Waals surface area contributed by atoms with Crippen LogP contribution in [0.5, 0.6) is 0 Å². The predicted octanol–water partition coefficient (Wildman–Crippen LogP) is 2.41. The van der Waals surface area contributed by atoms with E-state index < -0.39 is 0 Å². The Balaban J connectivity index is 2.59. The van der Waals surface area contributed by atoms with Crippen LogP contribution in [0.15, 0.2) is 16.7 Å². The number of amides is 1. The summed E-state index contributed by atoms with van der Waals surface area (Å²) in [5.74, 6) is 0.284. The number of hydrogen-bond acceptors (Lipinski definition) is 2. The molecule has 0 aliphatic heterocycles. The lowest BCUT2D eigenvalue weighted by molar-refractivity contribution is 0.0934. The number of rotatable bonds is 7. The van der Waals surface area contributed by atoms with Crippen LogP contribution < -0.4 is 5.32 Å². The van der Waals surface area contributed by atoms with Crippen molar-refractivity contribution in [1.82, 2.24) is 9.88 Å². The lowest BCUT2D eigenvalue weighted by atomic mass is 10.0. The summed E-state index contributed by atoms with van der Waals surface area (Å²) < 4.78 is 2.82. The van der Waals surface area contributed by atoms with Gasteiger partial charge in [-0.1, -0.05) is 13.3 Å². The van der Waals surface area contributed by atoms with E-state index in [1.54, 1.807) is 0 Å². The topological polar surface area (TPSA) is 54.3 Å². The van der Waals surface area contributed by atoms with Crippen molar-refractivity contribution in [2.24, 2.45) is 5.92 Å². The van der Waals surface area contributed by atoms with Crippen LogP contribution in [-0.2, 0) is 6.54 Å². The first-order chi connectivity index (χ1) is 8.62. The van der Waals surface area contributed by atoms with Crippen LogP contribution in [0.2, 0.25) is 0 Å². The van der Waals surface area contributed by atoms with Crippen LogP contribution in [0.3, 0.4) is 0 Å². The molecule has 1 rings (SSSR count). The number of aliphatic hydroxyl groups is 1. The van der Waals surface area contributed by atoms with Gasteiger partial charge in [-0.3, -0.25) is 4.79 Å². The number of aromatic nitrogens is 1. The van der Waals surface area contributed by atoms with Gasteiger partial charge in [-0.2, -0.15) is 0 Å². The van der Waals surface area contributed by atoms with Crippen molar-refractivity contribution in [3.05, 3.63) is 22.4 Å². The normalized spacial score (nSPS) is 12.4. The molecule has 1 unspecified atom stereocenters. The van der Waals surface area contributed by atoms with Crippen molar-refractivity contribution in [1.29, 1.82) is 0 Å². The zero-order valence-corrected chi connectivity index (χ0v) is 12.5. The first-order valence-corrected chi connectivity index (χ1v) is 7.16. The van der Waals surface area contributed by atoms with E-state index in [0.29, 0.717) is 18.2 Å². The standard InChI is InChI=1S/C13H21BrN2O2/c1-3-10(5-6-17)8-15-13(18)12-7-11(14)9-16(12)4-2/h7,9-10,17H,3-6,8H2,1-2H3,(H,15,18). The van der Waals surface area contributed by atoms with E-state index in [4.69, 9.17) is 5.11 Å². The fraction of sp³-hybridized carbons (Fsp3) is 0.615. The third kappa shape index (κ3) is 4.14. The van der Waals surface area contributed by atoms with E-state index in [9.17, 15) is 4.79 Å². The number of hydrogen-bond donors (Lipinski definition) is 2. The van der Waals surface area contributed by atoms with Gasteiger partial charge in [0.15, 0.2) is 0 Å². The van der Waals surface area contributed by atoms with Crippen molar-refractivity contribution < 1.29 is 9.90 Å². The number of nitrogens with one attached hydrogen (secondary N) is 1. The molecule has 0 spiro atoms. The highest BCUT2D eigenvalue weighted by Crippen LogP contribution is 2.15. The fourth-order valence-corrected chi connectivity index (χ4v) is 2.35. The number of carbonyl (C=O) groups excluding carboxylic acids is 1. The molecular formula is C13H21BrN2O2. The number of aliphatic hydroxyl groups excluding tert-OH is 1. The number of aryl methyl sites for hydroxylation is 1. The Morgan fingerprint density at radius 1 is 1.56 bits per heavy atom. The molecule has 102 valence electrons. The van der Waals surface area contributed by atoms with Crippen LogP contribution >= 0.6 is 15.9 Å². The Morgan fingerprint density at radius 3 is 2.83 bits per heavy atom. The third-order valence-corrected chi connectivity index (χ3v) is 3.54. The molecule has 1 atom stereocenters. The van der Waals surface area contributed by atoms with E-state index in [0.717, 1.165) is 23.9 Å². The summed E-state index contributed by atoms with van der Waals surface area (Å²) >= 11 is 3.38. The zero-order valence-electron chi connectivity index (χ0n) is 10.9. The minimum Gasteiger partial charge on any atom is -0.396 e. The SMILES string of the molecule is CCC(CCO)CNC(=O)c1cc(Br)cn1CC. The zero-order chi connectivity index (χ0) is 13.5. The van der Waals surface area contributed by atoms with Gasteiger partial charge in [0, 0.05) is 30.4 Å². The van der Waals surface area contributed by atoms with Gasteiger partial charge in [0.25, 0.3) is 5.91 Å². The molecule has 1 aromatic heterocycles. The van der Waals surface area contributed by atoms with Crippen LogP contribution in [0.1, 0.15) is 37.2 Å². The van der Waals surface area contributed by atoms with Gasteiger partial charge in [-0.25, -0.2) is 0 Å². The van der Waals surface area contributed by atoms with E-state index in [1.807, 2.05) is 23.8 Å². The average Bonchev–Trinajstić information content (AvgIpc) is 2.75. The molecule has 1 amide bonds. The van der Waals surface area contributed by atoms with Crippen LogP contribution in [0, 0.1) is 5.92 Å². The Kier molecular flexibility index (Phi) is 6.43. The number of nitrogens with zero attached hydrogens (tertiary/aromatic N) is 1. The smallest absolute Gasteiger partial charge is 0.267 e. The Morgan fingerprint density at radius 2 is 2.28 bits per heavy atom. The van der Waals surface area contributed by atoms with Gasteiger partial charge in [-0.15, -0.1) is 0 Å². The maximum absolute atomic E-state index is 12.0. The molecule has 0 aromatic carbocycles. The van der Waals surface area contributed by atoms with E-state index in [-0.39, 0.29) is 12.5 Å². The molecule has 2 N–H and O–H groups in total. The molecular weight excluding hydrogens is 296 g/mol. The summed E-state index contributed by atoms with van der Waals surface area (Å²) in [6.45, 7) is 5.62. The van der Waals surface area contributed by atoms with Gasteiger partial charge < -0.3 is 15.0 Å². The van der Waals surface area contributed by atoms with Gasteiger partial charge >= 0.3 is 0 Å². The van der Waals surface area contributed by atoms with Crippen molar-refractivity contribution in [2.45, 2.75) is 33.2 Å². The van der Waals surface area contributed by atoms with Crippen LogP contribution in [-0.4, -0.2) is 28.7 Å². The van der Waals surface area contributed by atoms with Gasteiger partial charge in [0.1, 0.15) is 5.69 Å². The predicted molar refractivity (Wildman–Crippen MR) is 75.6 cm³/mol. The van der Waals surface area contributed by atoms with Crippen molar-refractivity contribution >= 4 is 21.8 Å². The highest BCUT2D eigenvalue weighted by atomic mass is 79.9. The van der Waals surface area contributed by atoms with Crippen molar-refractivity contribution in [3.8, 4) is 0 Å². The minimum absolute atomic E-state index is 0.0565. The number of carbonyl (C=O) groups is 1. The van der Waals surface area contributed by atoms with E-state index in [1.165, 1.54) is 0 Å². The summed E-state index contributed by atoms with van der Waals surface area (Å²) in [5.41, 5.74) is 0.670. The minimum atomic E-state index is -0.0565. The largest absolute Gasteiger partial charge is 0.396 e. The molecule has 5 heteroatoms. The summed E-state index contributed by atoms with van der Waals surface area (Å²) in [5, 5.41) is 11.8. The second-order valence-electron chi connectivity index (χ2n) is 4.33. The molecule has 18 heavy (non-hydrogen) atoms. The van der Waals surface area contributed by atoms with Gasteiger partial charge in [0.05, 0.1) is 0 Å². The summed E-state index contributed by atoms with van der Waals surface area (Å²) in [6, 6.07) is 1.83. The molecule has 0 saturated carbocycles. The van der Waals surface area contributed by atoms with Crippen LogP contribution in [0.25, 0.3) is 0 Å². The van der Waals surface area contributed by atoms with Crippen molar-refractivity contribution in [2.75, 3.05) is 13.2 Å². The molecule has 0 fully saturated rings.